The Hall–Kier alpha value is -2.78. The molecular weight excluding hydrogens is 361 g/mol. The molecule has 0 atom stereocenters. The molecule has 0 saturated heterocycles. The molecule has 1 aliphatic rings. The van der Waals surface area contributed by atoms with Crippen LogP contribution in [0.5, 0.6) is 0 Å². The van der Waals surface area contributed by atoms with Crippen molar-refractivity contribution in [2.75, 3.05) is 5.75 Å². The Bertz CT molecular complexity index is 1150. The van der Waals surface area contributed by atoms with Crippen molar-refractivity contribution < 1.29 is 22.8 Å². The molecule has 1 aromatic carbocycles. The van der Waals surface area contributed by atoms with Gasteiger partial charge in [-0.25, -0.2) is 18.3 Å². The number of aromatic nitrogens is 2. The molecule has 0 unspecified atom stereocenters. The maximum absolute atomic E-state index is 14.4. The quantitative estimate of drug-likeness (QED) is 0.536. The maximum atomic E-state index is 14.4. The Morgan fingerprint density at radius 1 is 1.35 bits per heavy atom. The first-order valence-electron chi connectivity index (χ1n) is 7.84. The van der Waals surface area contributed by atoms with Crippen LogP contribution in [0.15, 0.2) is 41.4 Å². The molecule has 4 rings (SSSR count). The van der Waals surface area contributed by atoms with Gasteiger partial charge in [-0.3, -0.25) is 15.0 Å². The molecule has 3 aromatic rings. The second-order valence-corrected chi connectivity index (χ2v) is 8.09. The number of hydroxylamine groups is 1. The molecule has 1 aliphatic heterocycles. The molecule has 26 heavy (non-hydrogen) atoms. The van der Waals surface area contributed by atoms with E-state index in [1.165, 1.54) is 5.48 Å². The van der Waals surface area contributed by atoms with E-state index in [4.69, 9.17) is 5.21 Å². The van der Waals surface area contributed by atoms with Gasteiger partial charge in [0.15, 0.2) is 9.84 Å². The van der Waals surface area contributed by atoms with E-state index in [0.29, 0.717) is 27.9 Å². The minimum atomic E-state index is -3.35. The molecular formula is C17H14FN3O4S. The number of carbonyl (C=O) groups is 1. The number of nitrogens with one attached hydrogen (secondary N) is 1. The summed E-state index contributed by atoms with van der Waals surface area (Å²) >= 11 is 0. The normalized spacial score (nSPS) is 15.2. The van der Waals surface area contributed by atoms with Gasteiger partial charge in [-0.15, -0.1) is 0 Å². The van der Waals surface area contributed by atoms with Crippen LogP contribution in [0, 0.1) is 5.82 Å². The monoisotopic (exact) mass is 375 g/mol. The highest BCUT2D eigenvalue weighted by atomic mass is 32.2. The van der Waals surface area contributed by atoms with E-state index in [-0.39, 0.29) is 23.6 Å². The lowest BCUT2D eigenvalue weighted by Crippen LogP contribution is -2.19. The van der Waals surface area contributed by atoms with Gasteiger partial charge < -0.3 is 4.57 Å². The SMILES string of the molecule is O=C(NO)c1cnc(Cn2c3c(c4ccccc42)S(=O)(=O)CC3)c(F)c1. The third kappa shape index (κ3) is 2.47. The first-order valence-corrected chi connectivity index (χ1v) is 9.49. The number of fused-ring (bicyclic) bond motifs is 3. The number of hydrogen-bond donors (Lipinski definition) is 2. The van der Waals surface area contributed by atoms with Crippen molar-refractivity contribution in [1.29, 1.82) is 0 Å². The second kappa shape index (κ2) is 5.89. The van der Waals surface area contributed by atoms with Gasteiger partial charge in [-0.2, -0.15) is 0 Å². The van der Waals surface area contributed by atoms with Crippen LogP contribution in [0.4, 0.5) is 4.39 Å². The fourth-order valence-electron chi connectivity index (χ4n) is 3.35. The fraction of sp³-hybridized carbons (Fsp3) is 0.176. The second-order valence-electron chi connectivity index (χ2n) is 6.04. The Kier molecular flexibility index (Phi) is 3.78. The summed E-state index contributed by atoms with van der Waals surface area (Å²) in [5.41, 5.74) is 2.72. The van der Waals surface area contributed by atoms with Gasteiger partial charge in [-0.1, -0.05) is 18.2 Å². The molecule has 0 fully saturated rings. The molecule has 2 aromatic heterocycles. The van der Waals surface area contributed by atoms with E-state index in [1.807, 2.05) is 0 Å². The van der Waals surface area contributed by atoms with Gasteiger partial charge >= 0.3 is 0 Å². The van der Waals surface area contributed by atoms with Gasteiger partial charge in [-0.05, 0) is 12.1 Å². The zero-order valence-corrected chi connectivity index (χ0v) is 14.3. The first-order chi connectivity index (χ1) is 12.4. The third-order valence-electron chi connectivity index (χ3n) is 4.53. The lowest BCUT2D eigenvalue weighted by molar-refractivity contribution is 0.0705. The van der Waals surface area contributed by atoms with E-state index in [9.17, 15) is 17.6 Å². The fourth-order valence-corrected chi connectivity index (χ4v) is 5.10. The Labute approximate surface area is 148 Å². The van der Waals surface area contributed by atoms with Gasteiger partial charge in [0.25, 0.3) is 5.91 Å². The Morgan fingerprint density at radius 2 is 2.12 bits per heavy atom. The van der Waals surface area contributed by atoms with E-state index in [2.05, 4.69) is 4.98 Å². The van der Waals surface area contributed by atoms with Crippen LogP contribution in [-0.2, 0) is 22.8 Å². The summed E-state index contributed by atoms with van der Waals surface area (Å²) in [6.07, 6.45) is 1.52. The van der Waals surface area contributed by atoms with Gasteiger partial charge in [0.2, 0.25) is 0 Å². The number of nitrogens with zero attached hydrogens (tertiary/aromatic N) is 2. The number of hydrogen-bond acceptors (Lipinski definition) is 5. The molecule has 2 N–H and O–H groups in total. The van der Waals surface area contributed by atoms with Crippen molar-refractivity contribution in [2.24, 2.45) is 0 Å². The van der Waals surface area contributed by atoms with E-state index >= 15 is 0 Å². The van der Waals surface area contributed by atoms with Crippen LogP contribution in [-0.4, -0.2) is 34.8 Å². The molecule has 0 radical (unpaired) electrons. The van der Waals surface area contributed by atoms with Crippen molar-refractivity contribution in [3.05, 3.63) is 59.3 Å². The lowest BCUT2D eigenvalue weighted by Gasteiger charge is -2.10. The lowest BCUT2D eigenvalue weighted by atomic mass is 10.2. The summed E-state index contributed by atoms with van der Waals surface area (Å²) in [4.78, 5) is 15.6. The van der Waals surface area contributed by atoms with E-state index < -0.39 is 21.6 Å². The topological polar surface area (TPSA) is 101 Å². The molecule has 0 spiro atoms. The van der Waals surface area contributed by atoms with Crippen LogP contribution in [0.1, 0.15) is 21.7 Å². The number of benzene rings is 1. The minimum absolute atomic E-state index is 0.0357. The Morgan fingerprint density at radius 3 is 2.85 bits per heavy atom. The predicted octanol–water partition coefficient (Wildman–Crippen LogP) is 1.67. The van der Waals surface area contributed by atoms with E-state index in [0.717, 1.165) is 12.3 Å². The molecule has 1 amide bonds. The van der Waals surface area contributed by atoms with Crippen LogP contribution < -0.4 is 5.48 Å². The van der Waals surface area contributed by atoms with Crippen molar-refractivity contribution in [3.8, 4) is 0 Å². The average Bonchev–Trinajstić information content (AvgIpc) is 3.12. The van der Waals surface area contributed by atoms with Gasteiger partial charge in [0, 0.05) is 29.2 Å². The Balaban J connectivity index is 1.84. The smallest absolute Gasteiger partial charge is 0.276 e. The summed E-state index contributed by atoms with van der Waals surface area (Å²) < 4.78 is 40.9. The highest BCUT2D eigenvalue weighted by Crippen LogP contribution is 2.36. The van der Waals surface area contributed by atoms with Crippen LogP contribution >= 0.6 is 0 Å². The number of pyridine rings is 1. The number of rotatable bonds is 3. The first kappa shape index (κ1) is 16.7. The van der Waals surface area contributed by atoms with Crippen LogP contribution in [0.25, 0.3) is 10.9 Å². The summed E-state index contributed by atoms with van der Waals surface area (Å²) in [6.45, 7) is 0.0399. The highest BCUT2D eigenvalue weighted by molar-refractivity contribution is 7.92. The minimum Gasteiger partial charge on any atom is -0.337 e. The molecule has 0 bridgehead atoms. The summed E-state index contributed by atoms with van der Waals surface area (Å²) in [5.74, 6) is -1.53. The predicted molar refractivity (Wildman–Crippen MR) is 90.2 cm³/mol. The maximum Gasteiger partial charge on any atom is 0.276 e. The van der Waals surface area contributed by atoms with E-state index in [1.54, 1.807) is 28.8 Å². The summed E-state index contributed by atoms with van der Waals surface area (Å²) in [5, 5.41) is 9.24. The third-order valence-corrected chi connectivity index (χ3v) is 6.35. The molecule has 3 heterocycles. The largest absolute Gasteiger partial charge is 0.337 e. The zero-order chi connectivity index (χ0) is 18.5. The number of amides is 1. The molecule has 7 nitrogen and oxygen atoms in total. The molecule has 0 saturated carbocycles. The van der Waals surface area contributed by atoms with Crippen molar-refractivity contribution >= 4 is 26.6 Å². The van der Waals surface area contributed by atoms with Crippen molar-refractivity contribution in [3.63, 3.8) is 0 Å². The van der Waals surface area contributed by atoms with Crippen molar-refractivity contribution in [1.82, 2.24) is 15.0 Å². The van der Waals surface area contributed by atoms with Crippen molar-refractivity contribution in [2.45, 2.75) is 17.9 Å². The summed E-state index contributed by atoms with van der Waals surface area (Å²) in [6, 6.07) is 8.07. The average molecular weight is 375 g/mol. The zero-order valence-electron chi connectivity index (χ0n) is 13.4. The molecule has 0 aliphatic carbocycles. The van der Waals surface area contributed by atoms with Gasteiger partial charge in [0.1, 0.15) is 5.82 Å². The number of sulfone groups is 1. The number of halogens is 1. The number of para-hydroxylation sites is 1. The van der Waals surface area contributed by atoms with Crippen LogP contribution in [0.3, 0.4) is 0 Å². The summed E-state index contributed by atoms with van der Waals surface area (Å²) in [7, 11) is -3.35. The highest BCUT2D eigenvalue weighted by Gasteiger charge is 2.33. The molecule has 9 heteroatoms. The van der Waals surface area contributed by atoms with Crippen LogP contribution in [0.2, 0.25) is 0 Å². The van der Waals surface area contributed by atoms with Gasteiger partial charge in [0.05, 0.1) is 28.5 Å². The molecule has 134 valence electrons. The number of carbonyl (C=O) groups excluding carboxylic acids is 1. The standard InChI is InChI=1S/C17H14FN3O4S/c18-12-7-10(17(22)20-23)8-19-13(12)9-21-14-4-2-1-3-11(14)16-15(21)5-6-26(16,24)25/h1-4,7-8,23H,5-6,9H2,(H,20,22).